The van der Waals surface area contributed by atoms with Gasteiger partial charge in [-0.25, -0.2) is 4.98 Å². The van der Waals surface area contributed by atoms with Gasteiger partial charge in [0.2, 0.25) is 5.89 Å². The Labute approximate surface area is 271 Å². The maximum Gasteiger partial charge on any atom is 0.230 e. The van der Waals surface area contributed by atoms with E-state index in [1.54, 1.807) is 12.1 Å². The van der Waals surface area contributed by atoms with E-state index in [0.29, 0.717) is 17.0 Å². The maximum atomic E-state index is 10.5. The van der Waals surface area contributed by atoms with Crippen molar-refractivity contribution in [1.82, 2.24) is 9.97 Å². The average Bonchev–Trinajstić information content (AvgIpc) is 3.45. The molecule has 0 bridgehead atoms. The molecule has 0 saturated heterocycles. The molecule has 7 rings (SSSR count). The number of rotatable bonds is 4. The van der Waals surface area contributed by atoms with Crippen molar-refractivity contribution in [3.63, 3.8) is 0 Å². The number of phenolic OH excluding ortho intramolecular Hbond substituents is 1. The van der Waals surface area contributed by atoms with Crippen LogP contribution in [-0.4, -0.2) is 15.1 Å². The molecule has 0 aliphatic rings. The number of fused-ring (bicyclic) bond motifs is 2. The van der Waals surface area contributed by atoms with Gasteiger partial charge in [-0.15, -0.1) is 29.3 Å². The first-order valence-corrected chi connectivity index (χ1v) is 14.5. The van der Waals surface area contributed by atoms with Crippen molar-refractivity contribution in [3.8, 4) is 50.6 Å². The maximum absolute atomic E-state index is 10.5. The molecular weight excluding hydrogens is 724 g/mol. The molecule has 7 aromatic rings. The standard InChI is InChI=1S/C39H31N2O2.Pt/c1-24-17-18-40-36-32(24)22-29(39(2,3)4)23-33(36)28-20-26(25-11-6-5-7-12-25)19-27(21-28)30-14-10-16-35-37(30)41-38(43-35)31-13-8-9-15-34(31)42;/h5-20,22-23,42H,1-4H3;/q-1;. The molecule has 0 radical (unpaired) electrons. The van der Waals surface area contributed by atoms with Gasteiger partial charge in [0.05, 0.1) is 11.1 Å². The molecule has 0 aliphatic carbocycles. The van der Waals surface area contributed by atoms with Gasteiger partial charge in [-0.2, -0.15) is 0 Å². The first-order valence-electron chi connectivity index (χ1n) is 14.5. The predicted molar refractivity (Wildman–Crippen MR) is 175 cm³/mol. The summed E-state index contributed by atoms with van der Waals surface area (Å²) in [6.45, 7) is 8.87. The van der Waals surface area contributed by atoms with Gasteiger partial charge in [0.25, 0.3) is 0 Å². The van der Waals surface area contributed by atoms with Crippen LogP contribution in [0.15, 0.2) is 114 Å². The smallest absolute Gasteiger partial charge is 0.230 e. The third-order valence-corrected chi connectivity index (χ3v) is 8.04. The number of nitrogens with zero attached hydrogens (tertiary/aromatic N) is 2. The van der Waals surface area contributed by atoms with Crippen LogP contribution < -0.4 is 0 Å². The molecule has 0 unspecified atom stereocenters. The number of aryl methyl sites for hydroxylation is 1. The zero-order valence-corrected chi connectivity index (χ0v) is 27.2. The van der Waals surface area contributed by atoms with Gasteiger partial charge in [-0.3, -0.25) is 4.98 Å². The van der Waals surface area contributed by atoms with Crippen molar-refractivity contribution in [2.24, 2.45) is 0 Å². The zero-order valence-electron chi connectivity index (χ0n) is 25.0. The van der Waals surface area contributed by atoms with E-state index in [-0.39, 0.29) is 32.2 Å². The zero-order chi connectivity index (χ0) is 29.7. The molecule has 0 aliphatic heterocycles. The molecule has 2 aromatic heterocycles. The van der Waals surface area contributed by atoms with E-state index in [0.717, 1.165) is 49.8 Å². The van der Waals surface area contributed by atoms with Crippen LogP contribution in [0.2, 0.25) is 0 Å². The molecule has 4 nitrogen and oxygen atoms in total. The van der Waals surface area contributed by atoms with E-state index in [1.165, 1.54) is 11.1 Å². The fraction of sp³-hybridized carbons (Fsp3) is 0.128. The Kier molecular flexibility index (Phi) is 7.73. The largest absolute Gasteiger partial charge is 0.507 e. The molecule has 5 heteroatoms. The van der Waals surface area contributed by atoms with Gasteiger partial charge in [0.1, 0.15) is 11.3 Å². The van der Waals surface area contributed by atoms with E-state index in [1.807, 2.05) is 36.5 Å². The van der Waals surface area contributed by atoms with Crippen molar-refractivity contribution in [2.45, 2.75) is 33.1 Å². The first kappa shape index (κ1) is 29.5. The number of para-hydroxylation sites is 2. The number of pyridine rings is 1. The number of hydrogen-bond acceptors (Lipinski definition) is 4. The van der Waals surface area contributed by atoms with Crippen molar-refractivity contribution < 1.29 is 30.6 Å². The molecule has 44 heavy (non-hydrogen) atoms. The van der Waals surface area contributed by atoms with Crippen LogP contribution in [0.4, 0.5) is 0 Å². The minimum absolute atomic E-state index is 0. The summed E-state index contributed by atoms with van der Waals surface area (Å²) < 4.78 is 6.16. The number of aromatic nitrogens is 2. The van der Waals surface area contributed by atoms with Crippen molar-refractivity contribution in [3.05, 3.63) is 127 Å². The summed E-state index contributed by atoms with van der Waals surface area (Å²) in [6.07, 6.45) is 1.89. The second-order valence-corrected chi connectivity index (χ2v) is 12.0. The minimum atomic E-state index is -0.0448. The molecule has 0 atom stereocenters. The molecule has 5 aromatic carbocycles. The Morgan fingerprint density at radius 2 is 1.41 bits per heavy atom. The van der Waals surface area contributed by atoms with E-state index < -0.39 is 0 Å². The minimum Gasteiger partial charge on any atom is -0.507 e. The topological polar surface area (TPSA) is 59.2 Å². The van der Waals surface area contributed by atoms with Gasteiger partial charge < -0.3 is 9.52 Å². The van der Waals surface area contributed by atoms with E-state index >= 15 is 0 Å². The summed E-state index contributed by atoms with van der Waals surface area (Å²) in [5.74, 6) is 0.507. The van der Waals surface area contributed by atoms with Crippen LogP contribution in [-0.2, 0) is 26.5 Å². The number of phenols is 1. The number of oxazole rings is 1. The van der Waals surface area contributed by atoms with Gasteiger partial charge >= 0.3 is 0 Å². The fourth-order valence-electron chi connectivity index (χ4n) is 5.62. The quantitative estimate of drug-likeness (QED) is 0.182. The van der Waals surface area contributed by atoms with Gasteiger partial charge in [-0.05, 0) is 58.7 Å². The molecule has 1 N–H and O–H groups in total. The second kappa shape index (κ2) is 11.5. The van der Waals surface area contributed by atoms with Gasteiger partial charge in [0, 0.05) is 32.8 Å². The van der Waals surface area contributed by atoms with E-state index in [4.69, 9.17) is 14.4 Å². The van der Waals surface area contributed by atoms with Crippen LogP contribution in [0.5, 0.6) is 5.75 Å². The van der Waals surface area contributed by atoms with Gasteiger partial charge in [0.15, 0.2) is 0 Å². The second-order valence-electron chi connectivity index (χ2n) is 12.0. The monoisotopic (exact) mass is 754 g/mol. The summed E-state index contributed by atoms with van der Waals surface area (Å²) in [6, 6.07) is 38.2. The summed E-state index contributed by atoms with van der Waals surface area (Å²) in [5.41, 5.74) is 11.3. The molecule has 220 valence electrons. The summed E-state index contributed by atoms with van der Waals surface area (Å²) >= 11 is 0. The molecule has 0 amide bonds. The third kappa shape index (κ3) is 5.35. The summed E-state index contributed by atoms with van der Waals surface area (Å²) in [4.78, 5) is 9.74. The number of hydrogen-bond donors (Lipinski definition) is 1. The average molecular weight is 755 g/mol. The van der Waals surface area contributed by atoms with Crippen molar-refractivity contribution >= 4 is 22.0 Å². The van der Waals surface area contributed by atoms with Crippen LogP contribution in [0.25, 0.3) is 66.8 Å². The summed E-state index contributed by atoms with van der Waals surface area (Å²) in [7, 11) is 0. The Balaban J connectivity index is 0.00000343. The Morgan fingerprint density at radius 3 is 2.16 bits per heavy atom. The van der Waals surface area contributed by atoms with E-state index in [9.17, 15) is 5.11 Å². The molecule has 2 heterocycles. The van der Waals surface area contributed by atoms with Crippen molar-refractivity contribution in [2.75, 3.05) is 0 Å². The van der Waals surface area contributed by atoms with Crippen LogP contribution in [0.1, 0.15) is 31.9 Å². The van der Waals surface area contributed by atoms with Crippen LogP contribution >= 0.6 is 0 Å². The van der Waals surface area contributed by atoms with Crippen LogP contribution in [0, 0.1) is 13.0 Å². The molecule has 0 saturated carbocycles. The van der Waals surface area contributed by atoms with Crippen molar-refractivity contribution in [1.29, 1.82) is 0 Å². The third-order valence-electron chi connectivity index (χ3n) is 8.04. The Morgan fingerprint density at radius 1 is 0.705 bits per heavy atom. The number of benzene rings is 5. The van der Waals surface area contributed by atoms with Crippen LogP contribution in [0.3, 0.4) is 0 Å². The normalized spacial score (nSPS) is 11.5. The first-order chi connectivity index (χ1) is 20.8. The Hall–Kier alpha value is -4.53. The SMILES string of the molecule is Cc1ccnc2c(-c3[c-]c(-c4cccc5oc(-c6ccccc6O)nc45)cc(-c4ccccc4)c3)cc(C(C)(C)C)cc12.[Pt]. The number of aromatic hydroxyl groups is 1. The van der Waals surface area contributed by atoms with E-state index in [2.05, 4.69) is 94.4 Å². The Bertz CT molecular complexity index is 2140. The van der Waals surface area contributed by atoms with Gasteiger partial charge in [-0.1, -0.05) is 104 Å². The molecule has 0 spiro atoms. The summed E-state index contributed by atoms with van der Waals surface area (Å²) in [5, 5.41) is 11.6. The fourth-order valence-corrected chi connectivity index (χ4v) is 5.62. The molecular formula is C39H31N2O2Pt-. The predicted octanol–water partition coefficient (Wildman–Crippen LogP) is 10.2. The molecule has 0 fully saturated rings.